The van der Waals surface area contributed by atoms with Crippen LogP contribution in [-0.2, 0) is 9.53 Å². The quantitative estimate of drug-likeness (QED) is 0.856. The van der Waals surface area contributed by atoms with E-state index in [1.165, 1.54) is 0 Å². The zero-order chi connectivity index (χ0) is 15.6. The van der Waals surface area contributed by atoms with Crippen LogP contribution in [0.1, 0.15) is 33.1 Å². The highest BCUT2D eigenvalue weighted by molar-refractivity contribution is 5.77. The molecule has 2 aliphatic heterocycles. The van der Waals surface area contributed by atoms with Crippen LogP contribution in [0.3, 0.4) is 0 Å². The second kappa shape index (κ2) is 6.24. The van der Waals surface area contributed by atoms with E-state index in [1.54, 1.807) is 6.20 Å². The minimum absolute atomic E-state index is 0.117. The molecule has 3 rings (SSSR count). The summed E-state index contributed by atoms with van der Waals surface area (Å²) in [5, 5.41) is 0. The van der Waals surface area contributed by atoms with Gasteiger partial charge < -0.3 is 14.4 Å². The molecule has 0 radical (unpaired) electrons. The maximum Gasteiger partial charge on any atom is 0.223 e. The van der Waals surface area contributed by atoms with Crippen molar-refractivity contribution in [1.29, 1.82) is 0 Å². The zero-order valence-electron chi connectivity index (χ0n) is 13.3. The molecule has 5 heteroatoms. The number of nitrogens with zero attached hydrogens (tertiary/aromatic N) is 2. The standard InChI is InChI=1S/C17H24N2O3/c1-13(2)9-16(20)19-11-17(12-19)10-14(6-8-21-17)22-15-5-3-4-7-18-15/h3-5,7,13-14H,6,8-12H2,1-2H3/t14-/m0/s1. The van der Waals surface area contributed by atoms with Crippen LogP contribution in [0.4, 0.5) is 0 Å². The summed E-state index contributed by atoms with van der Waals surface area (Å²) < 4.78 is 11.9. The third-order valence-corrected chi connectivity index (χ3v) is 4.27. The summed E-state index contributed by atoms with van der Waals surface area (Å²) in [4.78, 5) is 18.2. The van der Waals surface area contributed by atoms with Gasteiger partial charge >= 0.3 is 0 Å². The van der Waals surface area contributed by atoms with Crippen LogP contribution >= 0.6 is 0 Å². The van der Waals surface area contributed by atoms with Crippen molar-refractivity contribution in [1.82, 2.24) is 9.88 Å². The molecule has 22 heavy (non-hydrogen) atoms. The van der Waals surface area contributed by atoms with Gasteiger partial charge in [-0.2, -0.15) is 0 Å². The summed E-state index contributed by atoms with van der Waals surface area (Å²) in [5.41, 5.74) is -0.204. The molecule has 1 amide bonds. The van der Waals surface area contributed by atoms with E-state index in [-0.39, 0.29) is 17.6 Å². The monoisotopic (exact) mass is 304 g/mol. The summed E-state index contributed by atoms with van der Waals surface area (Å²) in [6.45, 7) is 6.22. The Bertz CT molecular complexity index is 512. The number of aromatic nitrogens is 1. The minimum atomic E-state index is -0.204. The molecule has 2 fully saturated rings. The topological polar surface area (TPSA) is 51.7 Å². The highest BCUT2D eigenvalue weighted by Gasteiger charge is 2.49. The lowest BCUT2D eigenvalue weighted by molar-refractivity contribution is -0.193. The van der Waals surface area contributed by atoms with Crippen molar-refractivity contribution in [3.8, 4) is 5.88 Å². The first kappa shape index (κ1) is 15.3. The molecule has 2 aliphatic rings. The number of hydrogen-bond acceptors (Lipinski definition) is 4. The molecule has 0 saturated carbocycles. The van der Waals surface area contributed by atoms with Gasteiger partial charge in [-0.05, 0) is 12.0 Å². The molecule has 1 aromatic heterocycles. The van der Waals surface area contributed by atoms with Gasteiger partial charge in [-0.1, -0.05) is 19.9 Å². The lowest BCUT2D eigenvalue weighted by Crippen LogP contribution is -2.67. The van der Waals surface area contributed by atoms with Crippen LogP contribution in [0.2, 0.25) is 0 Å². The summed E-state index contributed by atoms with van der Waals surface area (Å²) in [6, 6.07) is 5.68. The molecule has 0 aliphatic carbocycles. The lowest BCUT2D eigenvalue weighted by Gasteiger charge is -2.53. The third-order valence-electron chi connectivity index (χ3n) is 4.27. The Morgan fingerprint density at radius 2 is 2.32 bits per heavy atom. The van der Waals surface area contributed by atoms with Crippen LogP contribution in [0.15, 0.2) is 24.4 Å². The number of carbonyl (C=O) groups is 1. The smallest absolute Gasteiger partial charge is 0.223 e. The van der Waals surface area contributed by atoms with Gasteiger partial charge in [-0.3, -0.25) is 4.79 Å². The summed E-state index contributed by atoms with van der Waals surface area (Å²) in [7, 11) is 0. The van der Waals surface area contributed by atoms with Crippen molar-refractivity contribution in [3.63, 3.8) is 0 Å². The molecular formula is C17H24N2O3. The molecule has 0 bridgehead atoms. The number of carbonyl (C=O) groups excluding carboxylic acids is 1. The van der Waals surface area contributed by atoms with Crippen LogP contribution < -0.4 is 4.74 Å². The van der Waals surface area contributed by atoms with Crippen molar-refractivity contribution >= 4 is 5.91 Å². The molecular weight excluding hydrogens is 280 g/mol. The average Bonchev–Trinajstić information content (AvgIpc) is 2.45. The Kier molecular flexibility index (Phi) is 4.34. The molecule has 0 N–H and O–H groups in total. The van der Waals surface area contributed by atoms with Crippen LogP contribution in [-0.4, -0.2) is 47.2 Å². The van der Waals surface area contributed by atoms with E-state index < -0.39 is 0 Å². The summed E-state index contributed by atoms with van der Waals surface area (Å²) >= 11 is 0. The van der Waals surface area contributed by atoms with Gasteiger partial charge in [0.15, 0.2) is 0 Å². The highest BCUT2D eigenvalue weighted by Crippen LogP contribution is 2.36. The fourth-order valence-corrected chi connectivity index (χ4v) is 3.20. The van der Waals surface area contributed by atoms with Gasteiger partial charge in [0.05, 0.1) is 19.7 Å². The van der Waals surface area contributed by atoms with Crippen molar-refractivity contribution in [2.45, 2.75) is 44.8 Å². The maximum absolute atomic E-state index is 12.1. The van der Waals surface area contributed by atoms with Gasteiger partial charge in [0.2, 0.25) is 11.8 Å². The molecule has 1 spiro atoms. The molecule has 1 atom stereocenters. The normalized spacial score (nSPS) is 23.4. The third kappa shape index (κ3) is 3.40. The van der Waals surface area contributed by atoms with Crippen molar-refractivity contribution in [2.75, 3.05) is 19.7 Å². The predicted octanol–water partition coefficient (Wildman–Crippen LogP) is 2.27. The van der Waals surface area contributed by atoms with Crippen LogP contribution in [0, 0.1) is 5.92 Å². The Hall–Kier alpha value is -1.62. The van der Waals surface area contributed by atoms with E-state index >= 15 is 0 Å². The Labute approximate surface area is 131 Å². The van der Waals surface area contributed by atoms with E-state index in [0.717, 1.165) is 12.8 Å². The fraction of sp³-hybridized carbons (Fsp3) is 0.647. The van der Waals surface area contributed by atoms with Crippen LogP contribution in [0.5, 0.6) is 5.88 Å². The average molecular weight is 304 g/mol. The molecule has 120 valence electrons. The van der Waals surface area contributed by atoms with Crippen molar-refractivity contribution in [2.24, 2.45) is 5.92 Å². The fourth-order valence-electron chi connectivity index (χ4n) is 3.20. The number of pyridine rings is 1. The van der Waals surface area contributed by atoms with Gasteiger partial charge in [0, 0.05) is 31.5 Å². The molecule has 0 unspecified atom stereocenters. The Morgan fingerprint density at radius 3 is 3.00 bits per heavy atom. The summed E-state index contributed by atoms with van der Waals surface area (Å²) in [6.07, 6.45) is 4.17. The van der Waals surface area contributed by atoms with E-state index in [1.807, 2.05) is 23.1 Å². The number of amides is 1. The second-order valence-corrected chi connectivity index (χ2v) is 6.78. The Morgan fingerprint density at radius 1 is 1.50 bits per heavy atom. The lowest BCUT2D eigenvalue weighted by atomic mass is 9.84. The number of rotatable bonds is 4. The molecule has 2 saturated heterocycles. The first-order valence-corrected chi connectivity index (χ1v) is 8.06. The maximum atomic E-state index is 12.1. The minimum Gasteiger partial charge on any atom is -0.474 e. The zero-order valence-corrected chi connectivity index (χ0v) is 13.3. The SMILES string of the molecule is CC(C)CC(=O)N1CC2(C[C@@H](Oc3ccccn3)CCO2)C1. The first-order chi connectivity index (χ1) is 10.6. The van der Waals surface area contributed by atoms with Crippen molar-refractivity contribution < 1.29 is 14.3 Å². The summed E-state index contributed by atoms with van der Waals surface area (Å²) in [5.74, 6) is 1.30. The number of ether oxygens (including phenoxy) is 2. The number of likely N-dealkylation sites (tertiary alicyclic amines) is 1. The highest BCUT2D eigenvalue weighted by atomic mass is 16.5. The predicted molar refractivity (Wildman–Crippen MR) is 82.6 cm³/mol. The molecule has 1 aromatic rings. The molecule has 3 heterocycles. The Balaban J connectivity index is 1.53. The van der Waals surface area contributed by atoms with Crippen molar-refractivity contribution in [3.05, 3.63) is 24.4 Å². The van der Waals surface area contributed by atoms with E-state index in [4.69, 9.17) is 9.47 Å². The van der Waals surface area contributed by atoms with E-state index in [0.29, 0.717) is 37.9 Å². The first-order valence-electron chi connectivity index (χ1n) is 8.06. The number of hydrogen-bond donors (Lipinski definition) is 0. The van der Waals surface area contributed by atoms with Gasteiger partial charge in [-0.25, -0.2) is 4.98 Å². The largest absolute Gasteiger partial charge is 0.474 e. The second-order valence-electron chi connectivity index (χ2n) is 6.78. The van der Waals surface area contributed by atoms with Gasteiger partial charge in [0.25, 0.3) is 0 Å². The van der Waals surface area contributed by atoms with E-state index in [2.05, 4.69) is 18.8 Å². The van der Waals surface area contributed by atoms with Crippen LogP contribution in [0.25, 0.3) is 0 Å². The molecule has 5 nitrogen and oxygen atoms in total. The van der Waals surface area contributed by atoms with E-state index in [9.17, 15) is 4.79 Å². The molecule has 0 aromatic carbocycles. The van der Waals surface area contributed by atoms with Gasteiger partial charge in [0.1, 0.15) is 11.7 Å². The van der Waals surface area contributed by atoms with Gasteiger partial charge in [-0.15, -0.1) is 0 Å².